The number of ether oxygens (including phenoxy) is 2. The van der Waals surface area contributed by atoms with E-state index >= 15 is 0 Å². The summed E-state index contributed by atoms with van der Waals surface area (Å²) >= 11 is 0. The van der Waals surface area contributed by atoms with Crippen LogP contribution in [0.5, 0.6) is 0 Å². The van der Waals surface area contributed by atoms with E-state index in [-0.39, 0.29) is 6.42 Å². The SMILES string of the molecule is Cc1ccc(S(=O)(=O)C(CC2(C)OCCO2)c2cccc3[nH]ccc23)cc1. The molecule has 1 fully saturated rings. The van der Waals surface area contributed by atoms with Crippen LogP contribution in [0.15, 0.2) is 59.6 Å². The summed E-state index contributed by atoms with van der Waals surface area (Å²) in [6.07, 6.45) is 2.06. The highest BCUT2D eigenvalue weighted by atomic mass is 32.2. The van der Waals surface area contributed by atoms with Gasteiger partial charge < -0.3 is 14.5 Å². The van der Waals surface area contributed by atoms with Gasteiger partial charge in [0.05, 0.1) is 23.4 Å². The summed E-state index contributed by atoms with van der Waals surface area (Å²) in [7, 11) is -3.64. The van der Waals surface area contributed by atoms with Gasteiger partial charge in [0.15, 0.2) is 15.6 Å². The van der Waals surface area contributed by atoms with Crippen LogP contribution in [0, 0.1) is 6.92 Å². The zero-order valence-electron chi connectivity index (χ0n) is 15.4. The van der Waals surface area contributed by atoms with Crippen molar-refractivity contribution < 1.29 is 17.9 Å². The van der Waals surface area contributed by atoms with Crippen LogP contribution < -0.4 is 0 Å². The summed E-state index contributed by atoms with van der Waals surface area (Å²) in [6.45, 7) is 4.70. The molecule has 2 heterocycles. The molecule has 1 aliphatic heterocycles. The van der Waals surface area contributed by atoms with Crippen molar-refractivity contribution in [1.82, 2.24) is 4.98 Å². The molecule has 1 N–H and O–H groups in total. The van der Waals surface area contributed by atoms with Crippen molar-refractivity contribution in [2.24, 2.45) is 0 Å². The predicted octanol–water partition coefficient (Wildman–Crippen LogP) is 4.14. The minimum absolute atomic E-state index is 0.230. The van der Waals surface area contributed by atoms with E-state index in [1.54, 1.807) is 12.1 Å². The van der Waals surface area contributed by atoms with E-state index in [9.17, 15) is 8.42 Å². The van der Waals surface area contributed by atoms with Crippen molar-refractivity contribution in [3.8, 4) is 0 Å². The highest BCUT2D eigenvalue weighted by Gasteiger charge is 2.41. The van der Waals surface area contributed by atoms with E-state index in [2.05, 4.69) is 4.98 Å². The number of aryl methyl sites for hydroxylation is 1. The quantitative estimate of drug-likeness (QED) is 0.717. The number of H-pyrrole nitrogens is 1. The first-order valence-electron chi connectivity index (χ1n) is 9.04. The maximum absolute atomic E-state index is 13.6. The first-order valence-corrected chi connectivity index (χ1v) is 10.6. The number of nitrogens with one attached hydrogen (secondary N) is 1. The Balaban J connectivity index is 1.85. The molecule has 0 aliphatic carbocycles. The minimum atomic E-state index is -3.64. The molecular formula is C21H23NO4S. The van der Waals surface area contributed by atoms with Crippen LogP contribution in [0.1, 0.15) is 29.7 Å². The Hall–Kier alpha value is -2.15. The average molecular weight is 385 g/mol. The van der Waals surface area contributed by atoms with Gasteiger partial charge in [0.1, 0.15) is 0 Å². The van der Waals surface area contributed by atoms with Gasteiger partial charge in [-0.25, -0.2) is 8.42 Å². The zero-order chi connectivity index (χ0) is 19.1. The van der Waals surface area contributed by atoms with Crippen molar-refractivity contribution in [2.75, 3.05) is 13.2 Å². The molecule has 6 heteroatoms. The number of sulfone groups is 1. The Morgan fingerprint density at radius 3 is 2.48 bits per heavy atom. The lowest BCUT2D eigenvalue weighted by Crippen LogP contribution is -2.31. The number of rotatable bonds is 5. The topological polar surface area (TPSA) is 68.4 Å². The van der Waals surface area contributed by atoms with Crippen molar-refractivity contribution >= 4 is 20.7 Å². The van der Waals surface area contributed by atoms with Gasteiger partial charge in [-0.2, -0.15) is 0 Å². The van der Waals surface area contributed by atoms with Crippen LogP contribution in [0.3, 0.4) is 0 Å². The first kappa shape index (κ1) is 18.2. The van der Waals surface area contributed by atoms with E-state index in [1.807, 2.05) is 56.4 Å². The lowest BCUT2D eigenvalue weighted by molar-refractivity contribution is -0.146. The van der Waals surface area contributed by atoms with Gasteiger partial charge in [0.25, 0.3) is 0 Å². The Kier molecular flexibility index (Phi) is 4.58. The molecule has 1 aliphatic rings. The Bertz CT molecular complexity index is 1050. The summed E-state index contributed by atoms with van der Waals surface area (Å²) in [5.74, 6) is -0.916. The van der Waals surface area contributed by atoms with Crippen LogP contribution in [-0.2, 0) is 19.3 Å². The smallest absolute Gasteiger partial charge is 0.185 e. The van der Waals surface area contributed by atoms with Crippen molar-refractivity contribution in [1.29, 1.82) is 0 Å². The fraction of sp³-hybridized carbons (Fsp3) is 0.333. The highest BCUT2D eigenvalue weighted by molar-refractivity contribution is 7.91. The van der Waals surface area contributed by atoms with Gasteiger partial charge in [0.2, 0.25) is 0 Å². The van der Waals surface area contributed by atoms with Gasteiger partial charge in [-0.05, 0) is 43.7 Å². The number of hydrogen-bond donors (Lipinski definition) is 1. The number of aromatic nitrogens is 1. The monoisotopic (exact) mass is 385 g/mol. The van der Waals surface area contributed by atoms with Crippen LogP contribution in [0.4, 0.5) is 0 Å². The summed E-state index contributed by atoms with van der Waals surface area (Å²) in [5, 5.41) is 0.127. The molecule has 1 saturated heterocycles. The van der Waals surface area contributed by atoms with Gasteiger partial charge in [0, 0.05) is 23.5 Å². The van der Waals surface area contributed by atoms with E-state index in [0.29, 0.717) is 18.1 Å². The maximum Gasteiger partial charge on any atom is 0.185 e. The minimum Gasteiger partial charge on any atom is -0.361 e. The molecule has 1 atom stereocenters. The molecule has 0 saturated carbocycles. The number of benzene rings is 2. The normalized spacial score (nSPS) is 18.0. The summed E-state index contributed by atoms with van der Waals surface area (Å²) in [6, 6.07) is 14.6. The van der Waals surface area contributed by atoms with Crippen LogP contribution in [0.2, 0.25) is 0 Å². The predicted molar refractivity (Wildman–Crippen MR) is 104 cm³/mol. The summed E-state index contributed by atoms with van der Waals surface area (Å²) in [4.78, 5) is 3.47. The molecule has 0 bridgehead atoms. The lowest BCUT2D eigenvalue weighted by atomic mass is 10.0. The molecule has 1 unspecified atom stereocenters. The maximum atomic E-state index is 13.6. The second-order valence-corrected chi connectivity index (χ2v) is 9.30. The number of fused-ring (bicyclic) bond motifs is 1. The highest BCUT2D eigenvalue weighted by Crippen LogP contribution is 2.41. The molecule has 5 nitrogen and oxygen atoms in total. The Morgan fingerprint density at radius 1 is 1.07 bits per heavy atom. The Labute approximate surface area is 159 Å². The van der Waals surface area contributed by atoms with Crippen LogP contribution >= 0.6 is 0 Å². The molecule has 0 amide bonds. The number of hydrogen-bond acceptors (Lipinski definition) is 4. The van der Waals surface area contributed by atoms with E-state index in [4.69, 9.17) is 9.47 Å². The third-order valence-corrected chi connectivity index (χ3v) is 7.25. The molecule has 2 aromatic carbocycles. The summed E-state index contributed by atoms with van der Waals surface area (Å²) < 4.78 is 38.7. The average Bonchev–Trinajstić information content (AvgIpc) is 3.29. The fourth-order valence-electron chi connectivity index (χ4n) is 3.68. The van der Waals surface area contributed by atoms with Gasteiger partial charge in [-0.3, -0.25) is 0 Å². The second-order valence-electron chi connectivity index (χ2n) is 7.17. The van der Waals surface area contributed by atoms with Gasteiger partial charge >= 0.3 is 0 Å². The first-order chi connectivity index (χ1) is 12.9. The molecule has 1 aromatic heterocycles. The molecular weight excluding hydrogens is 362 g/mol. The fourth-order valence-corrected chi connectivity index (χ4v) is 5.59. The Morgan fingerprint density at radius 2 is 1.78 bits per heavy atom. The van der Waals surface area contributed by atoms with E-state index in [1.165, 1.54) is 0 Å². The van der Waals surface area contributed by atoms with Crippen LogP contribution in [-0.4, -0.2) is 32.4 Å². The van der Waals surface area contributed by atoms with Crippen molar-refractivity contribution in [3.05, 3.63) is 65.9 Å². The molecule has 142 valence electrons. The third kappa shape index (κ3) is 3.40. The standard InChI is InChI=1S/C21H23NO4S/c1-15-6-8-16(9-7-15)27(23,24)20(14-21(2)25-12-13-26-21)18-4-3-5-19-17(18)10-11-22-19/h3-11,20,22H,12-14H2,1-2H3. The van der Waals surface area contributed by atoms with Crippen molar-refractivity contribution in [3.63, 3.8) is 0 Å². The van der Waals surface area contributed by atoms with Crippen LogP contribution in [0.25, 0.3) is 10.9 Å². The molecule has 3 aromatic rings. The van der Waals surface area contributed by atoms with E-state index < -0.39 is 20.9 Å². The lowest BCUT2D eigenvalue weighted by Gasteiger charge is -2.28. The molecule has 27 heavy (non-hydrogen) atoms. The third-order valence-electron chi connectivity index (χ3n) is 5.15. The number of aromatic amines is 1. The zero-order valence-corrected chi connectivity index (χ0v) is 16.3. The molecule has 0 spiro atoms. The van der Waals surface area contributed by atoms with Gasteiger partial charge in [-0.15, -0.1) is 0 Å². The van der Waals surface area contributed by atoms with Crippen molar-refractivity contribution in [2.45, 2.75) is 36.2 Å². The summed E-state index contributed by atoms with van der Waals surface area (Å²) in [5.41, 5.74) is 2.69. The largest absolute Gasteiger partial charge is 0.361 e. The van der Waals surface area contributed by atoms with Gasteiger partial charge in [-0.1, -0.05) is 29.8 Å². The second kappa shape index (κ2) is 6.78. The van der Waals surface area contributed by atoms with E-state index in [0.717, 1.165) is 22.0 Å². The molecule has 4 rings (SSSR count). The molecule has 0 radical (unpaired) electrons.